The largest absolute Gasteiger partial charge is 0.480 e. The third-order valence-corrected chi connectivity index (χ3v) is 8.15. The molecule has 0 atom stereocenters. The number of carboxylic acids is 2. The van der Waals surface area contributed by atoms with Crippen molar-refractivity contribution in [2.45, 2.75) is 39.5 Å². The lowest BCUT2D eigenvalue weighted by molar-refractivity contribution is -0.140. The summed E-state index contributed by atoms with van der Waals surface area (Å²) in [6, 6.07) is 1.91. The average molecular weight is 477 g/mol. The summed E-state index contributed by atoms with van der Waals surface area (Å²) in [6.07, 6.45) is 5.45. The summed E-state index contributed by atoms with van der Waals surface area (Å²) >= 11 is 7.76. The highest BCUT2D eigenvalue weighted by atomic mass is 32.2. The van der Waals surface area contributed by atoms with Gasteiger partial charge in [-0.15, -0.1) is 11.3 Å². The van der Waals surface area contributed by atoms with Crippen molar-refractivity contribution in [3.63, 3.8) is 0 Å². The van der Waals surface area contributed by atoms with Crippen molar-refractivity contribution in [3.8, 4) is 5.00 Å². The van der Waals surface area contributed by atoms with Crippen LogP contribution in [-0.2, 0) is 22.4 Å². The highest BCUT2D eigenvalue weighted by molar-refractivity contribution is 8.26. The van der Waals surface area contributed by atoms with Crippen molar-refractivity contribution < 1.29 is 24.6 Å². The summed E-state index contributed by atoms with van der Waals surface area (Å²) < 4.78 is 2.16. The number of thioether (sulfide) groups is 1. The minimum absolute atomic E-state index is 0.214. The molecule has 1 fully saturated rings. The van der Waals surface area contributed by atoms with E-state index in [1.807, 2.05) is 24.5 Å². The fourth-order valence-corrected chi connectivity index (χ4v) is 6.83. The number of carboxylic acid groups (broad SMARTS) is 2. The first-order valence-electron chi connectivity index (χ1n) is 9.73. The van der Waals surface area contributed by atoms with Crippen LogP contribution in [0.1, 0.15) is 50.6 Å². The molecule has 31 heavy (non-hydrogen) atoms. The maximum atomic E-state index is 12.6. The second-order valence-corrected chi connectivity index (χ2v) is 10.3. The van der Waals surface area contributed by atoms with E-state index in [2.05, 4.69) is 0 Å². The Bertz CT molecular complexity index is 1170. The van der Waals surface area contributed by atoms with Gasteiger partial charge >= 0.3 is 11.9 Å². The van der Waals surface area contributed by atoms with E-state index in [4.69, 9.17) is 17.3 Å². The van der Waals surface area contributed by atoms with Crippen molar-refractivity contribution in [3.05, 3.63) is 43.9 Å². The van der Waals surface area contributed by atoms with Crippen LogP contribution in [0.3, 0.4) is 0 Å². The molecule has 1 saturated heterocycles. The summed E-state index contributed by atoms with van der Waals surface area (Å²) in [5, 5.41) is 19.6. The lowest BCUT2D eigenvalue weighted by atomic mass is 9.95. The maximum Gasteiger partial charge on any atom is 0.339 e. The van der Waals surface area contributed by atoms with Gasteiger partial charge < -0.3 is 14.8 Å². The predicted molar refractivity (Wildman–Crippen MR) is 124 cm³/mol. The van der Waals surface area contributed by atoms with Crippen LogP contribution in [0.4, 0.5) is 0 Å². The van der Waals surface area contributed by atoms with Crippen molar-refractivity contribution in [2.24, 2.45) is 0 Å². The number of carbonyl (C=O) groups excluding carboxylic acids is 1. The van der Waals surface area contributed by atoms with Gasteiger partial charge in [0.1, 0.15) is 15.9 Å². The van der Waals surface area contributed by atoms with E-state index in [9.17, 15) is 19.5 Å². The summed E-state index contributed by atoms with van der Waals surface area (Å²) in [4.78, 5) is 38.3. The number of fused-ring (bicyclic) bond motifs is 1. The molecule has 2 N–H and O–H groups in total. The van der Waals surface area contributed by atoms with Crippen molar-refractivity contribution in [2.75, 3.05) is 6.54 Å². The van der Waals surface area contributed by atoms with Gasteiger partial charge in [-0.3, -0.25) is 14.5 Å². The Kier molecular flexibility index (Phi) is 5.80. The number of aromatic nitrogens is 1. The highest BCUT2D eigenvalue weighted by Crippen LogP contribution is 2.39. The molecule has 2 aromatic heterocycles. The molecule has 7 nitrogen and oxygen atoms in total. The molecular formula is C21H20N2O5S3. The molecule has 162 valence electrons. The molecule has 0 aromatic carbocycles. The first-order chi connectivity index (χ1) is 14.7. The van der Waals surface area contributed by atoms with Crippen LogP contribution in [0.25, 0.3) is 11.1 Å². The Morgan fingerprint density at radius 1 is 1.23 bits per heavy atom. The van der Waals surface area contributed by atoms with Crippen LogP contribution in [0, 0.1) is 13.8 Å². The summed E-state index contributed by atoms with van der Waals surface area (Å²) in [5.41, 5.74) is 3.78. The predicted octanol–water partition coefficient (Wildman–Crippen LogP) is 4.02. The maximum absolute atomic E-state index is 12.6. The van der Waals surface area contributed by atoms with Gasteiger partial charge in [0.05, 0.1) is 10.5 Å². The Hall–Kier alpha value is -2.43. The molecule has 10 heteroatoms. The normalized spacial score (nSPS) is 17.5. The number of amides is 1. The van der Waals surface area contributed by atoms with Crippen molar-refractivity contribution in [1.82, 2.24) is 9.47 Å². The molecule has 0 saturated carbocycles. The van der Waals surface area contributed by atoms with Gasteiger partial charge in [0, 0.05) is 16.3 Å². The van der Waals surface area contributed by atoms with Gasteiger partial charge in [-0.1, -0.05) is 24.0 Å². The Morgan fingerprint density at radius 3 is 2.61 bits per heavy atom. The van der Waals surface area contributed by atoms with Gasteiger partial charge in [-0.05, 0) is 62.8 Å². The molecule has 3 heterocycles. The minimum atomic E-state index is -1.13. The Balaban J connectivity index is 1.77. The van der Waals surface area contributed by atoms with Crippen LogP contribution in [-0.4, -0.2) is 48.4 Å². The van der Waals surface area contributed by atoms with Crippen molar-refractivity contribution in [1.29, 1.82) is 0 Å². The highest BCUT2D eigenvalue weighted by Gasteiger charge is 2.34. The van der Waals surface area contributed by atoms with E-state index in [1.165, 1.54) is 11.3 Å². The lowest BCUT2D eigenvalue weighted by Gasteiger charge is -2.11. The Labute approximate surface area is 192 Å². The standard InChI is InChI=1S/C21H20N2O5S3/c1-10-7-12(8-15-18(26)22(9-16(24)25)21(29)31-15)11(2)23(10)19-17(20(27)28)13-5-3-4-6-14(13)30-19/h7-8H,3-6,9H2,1-2H3,(H,24,25)(H,27,28)/b15-8+. The number of aryl methyl sites for hydroxylation is 2. The average Bonchev–Trinajstić information content (AvgIpc) is 3.29. The number of hydrogen-bond donors (Lipinski definition) is 2. The first kappa shape index (κ1) is 21.8. The number of aliphatic carboxylic acids is 1. The van der Waals surface area contributed by atoms with Gasteiger partial charge in [-0.25, -0.2) is 4.79 Å². The fourth-order valence-electron chi connectivity index (χ4n) is 4.09. The molecule has 0 radical (unpaired) electrons. The van der Waals surface area contributed by atoms with Gasteiger partial charge in [0.2, 0.25) is 0 Å². The van der Waals surface area contributed by atoms with Crippen LogP contribution >= 0.6 is 35.3 Å². The number of carbonyl (C=O) groups is 3. The SMILES string of the molecule is Cc1cc(/C=C2/SC(=S)N(CC(=O)O)C2=O)c(C)n1-c1sc2c(c1C(=O)O)CCCC2. The number of hydrogen-bond acceptors (Lipinski definition) is 6. The number of thiocarbonyl (C=S) groups is 1. The summed E-state index contributed by atoms with van der Waals surface area (Å²) in [6.45, 7) is 3.33. The third-order valence-electron chi connectivity index (χ3n) is 5.49. The lowest BCUT2D eigenvalue weighted by Crippen LogP contribution is -2.33. The molecule has 0 spiro atoms. The fraction of sp³-hybridized carbons (Fsp3) is 0.333. The first-order valence-corrected chi connectivity index (χ1v) is 11.8. The zero-order chi connectivity index (χ0) is 22.4. The van der Waals surface area contributed by atoms with E-state index in [1.54, 1.807) is 6.08 Å². The molecule has 0 bridgehead atoms. The molecular weight excluding hydrogens is 456 g/mol. The molecule has 1 aliphatic heterocycles. The number of rotatable bonds is 5. The molecule has 1 aliphatic carbocycles. The third kappa shape index (κ3) is 3.83. The molecule has 1 amide bonds. The smallest absolute Gasteiger partial charge is 0.339 e. The van der Waals surface area contributed by atoms with E-state index < -0.39 is 24.4 Å². The minimum Gasteiger partial charge on any atom is -0.480 e. The van der Waals surface area contributed by atoms with E-state index in [0.29, 0.717) is 15.5 Å². The number of thiophene rings is 1. The van der Waals surface area contributed by atoms with Gasteiger partial charge in [-0.2, -0.15) is 0 Å². The van der Waals surface area contributed by atoms with E-state index in [0.717, 1.165) is 69.7 Å². The van der Waals surface area contributed by atoms with Crippen molar-refractivity contribution >= 4 is 63.6 Å². The molecule has 4 rings (SSSR count). The summed E-state index contributed by atoms with van der Waals surface area (Å²) in [5.74, 6) is -2.48. The quantitative estimate of drug-likeness (QED) is 0.497. The number of nitrogens with zero attached hydrogens (tertiary/aromatic N) is 2. The Morgan fingerprint density at radius 2 is 1.94 bits per heavy atom. The second-order valence-electron chi connectivity index (χ2n) is 7.52. The second kappa shape index (κ2) is 8.25. The van der Waals surface area contributed by atoms with Crippen LogP contribution in [0.5, 0.6) is 0 Å². The summed E-state index contributed by atoms with van der Waals surface area (Å²) in [7, 11) is 0. The van der Waals surface area contributed by atoms with Crippen LogP contribution in [0.15, 0.2) is 11.0 Å². The van der Waals surface area contributed by atoms with E-state index >= 15 is 0 Å². The zero-order valence-corrected chi connectivity index (χ0v) is 19.4. The topological polar surface area (TPSA) is 99.8 Å². The molecule has 0 unspecified atom stereocenters. The molecule has 2 aromatic rings. The molecule has 2 aliphatic rings. The van der Waals surface area contributed by atoms with Crippen LogP contribution in [0.2, 0.25) is 0 Å². The zero-order valence-electron chi connectivity index (χ0n) is 16.9. The van der Waals surface area contributed by atoms with Crippen LogP contribution < -0.4 is 0 Å². The number of aromatic carboxylic acids is 1. The monoisotopic (exact) mass is 476 g/mol. The van der Waals surface area contributed by atoms with E-state index in [-0.39, 0.29) is 4.32 Å². The van der Waals surface area contributed by atoms with Gasteiger partial charge in [0.25, 0.3) is 5.91 Å². The van der Waals surface area contributed by atoms with Gasteiger partial charge in [0.15, 0.2) is 0 Å².